The first-order chi connectivity index (χ1) is 33.9. The van der Waals surface area contributed by atoms with Gasteiger partial charge in [-0.1, -0.05) is 92.1 Å². The van der Waals surface area contributed by atoms with E-state index in [1.165, 1.54) is 6.92 Å². The first-order valence-electron chi connectivity index (χ1n) is 26.2. The normalized spacial score (nSPS) is 41.8. The van der Waals surface area contributed by atoms with Crippen molar-refractivity contribution in [1.82, 2.24) is 0 Å². The molecular weight excluding hydrogens is 937 g/mol. The van der Waals surface area contributed by atoms with Crippen LogP contribution < -0.4 is 0 Å². The van der Waals surface area contributed by atoms with Crippen molar-refractivity contribution in [3.63, 3.8) is 0 Å². The van der Waals surface area contributed by atoms with E-state index in [4.69, 9.17) is 56.8 Å². The zero-order chi connectivity index (χ0) is 51.9. The minimum Gasteiger partial charge on any atom is -0.473 e. The molecule has 5 aliphatic rings. The van der Waals surface area contributed by atoms with Crippen LogP contribution in [0.2, 0.25) is 0 Å². The third kappa shape index (κ3) is 16.2. The summed E-state index contributed by atoms with van der Waals surface area (Å²) in [4.78, 5) is 27.3. The van der Waals surface area contributed by atoms with E-state index in [1.807, 2.05) is 0 Å². The van der Waals surface area contributed by atoms with Crippen LogP contribution in [0.25, 0.3) is 0 Å². The second kappa shape index (κ2) is 29.2. The fraction of sp³-hybridized carbons (Fsp3) is 0.920. The van der Waals surface area contributed by atoms with Gasteiger partial charge >= 0.3 is 11.9 Å². The van der Waals surface area contributed by atoms with E-state index in [0.29, 0.717) is 37.9 Å². The molecule has 21 nitrogen and oxygen atoms in total. The maximum atomic E-state index is 13.8. The van der Waals surface area contributed by atoms with E-state index in [9.17, 15) is 45.3 Å². The van der Waals surface area contributed by atoms with E-state index in [1.54, 1.807) is 34.6 Å². The van der Waals surface area contributed by atoms with Gasteiger partial charge in [-0.15, -0.1) is 0 Å². The summed E-state index contributed by atoms with van der Waals surface area (Å²) in [5.41, 5.74) is 0. The minimum absolute atomic E-state index is 0.0239. The van der Waals surface area contributed by atoms with Crippen molar-refractivity contribution in [1.29, 1.82) is 0 Å². The van der Waals surface area contributed by atoms with Crippen LogP contribution in [0.15, 0.2) is 12.3 Å². The van der Waals surface area contributed by atoms with Gasteiger partial charge in [-0.05, 0) is 46.5 Å². The predicted octanol–water partition coefficient (Wildman–Crippen LogP) is 2.90. The molecule has 2 bridgehead atoms. The molecule has 5 fully saturated rings. The number of aliphatic hydroxyl groups is 7. The monoisotopic (exact) mass is 1020 g/mol. The van der Waals surface area contributed by atoms with Gasteiger partial charge < -0.3 is 92.6 Å². The largest absolute Gasteiger partial charge is 0.473 e. The molecule has 0 saturated carbocycles. The van der Waals surface area contributed by atoms with Crippen molar-refractivity contribution in [3.8, 4) is 0 Å². The molecule has 412 valence electrons. The Morgan fingerprint density at radius 2 is 1.32 bits per heavy atom. The first kappa shape index (κ1) is 59.7. The second-order valence-corrected chi connectivity index (χ2v) is 19.8. The van der Waals surface area contributed by atoms with Crippen LogP contribution in [-0.2, 0) is 66.4 Å². The molecule has 0 amide bonds. The van der Waals surface area contributed by atoms with Gasteiger partial charge in [0.05, 0.1) is 42.7 Å². The number of esters is 2. The van der Waals surface area contributed by atoms with Crippen molar-refractivity contribution in [2.24, 2.45) is 5.92 Å². The van der Waals surface area contributed by atoms with Crippen molar-refractivity contribution < 1.29 is 102 Å². The Labute approximate surface area is 418 Å². The van der Waals surface area contributed by atoms with Gasteiger partial charge in [-0.3, -0.25) is 9.59 Å². The number of carbonyl (C=O) groups is 2. The summed E-state index contributed by atoms with van der Waals surface area (Å²) < 4.78 is 75.6. The van der Waals surface area contributed by atoms with Crippen LogP contribution in [-0.4, -0.2) is 190 Å². The summed E-state index contributed by atoms with van der Waals surface area (Å²) in [6.07, 6.45) is -19.3. The third-order valence-corrected chi connectivity index (χ3v) is 14.3. The number of aliphatic hydroxyl groups excluding tert-OH is 7. The maximum Gasteiger partial charge on any atom is 0.309 e. The zero-order valence-electron chi connectivity index (χ0n) is 42.8. The van der Waals surface area contributed by atoms with Gasteiger partial charge in [-0.25, -0.2) is 0 Å². The van der Waals surface area contributed by atoms with Crippen LogP contribution in [0.3, 0.4) is 0 Å². The SMILES string of the molecule is C=C(CC)OCOC1C(OC2C3OC(CO)C(O)C2OC(=O)CCCCCCCCCC(CCCCC)OC2OC(C)C(O)C(O)C2O3)OC(C)C(OC(=O)C(C)CC)C1OC1OC(C)C(O)C(O)C1O. The molecule has 5 rings (SSSR count). The summed E-state index contributed by atoms with van der Waals surface area (Å²) in [5.74, 6) is -1.58. The maximum absolute atomic E-state index is 13.8. The Kier molecular flexibility index (Phi) is 24.6. The Morgan fingerprint density at radius 1 is 0.676 bits per heavy atom. The van der Waals surface area contributed by atoms with Gasteiger partial charge in [0.1, 0.15) is 61.0 Å². The van der Waals surface area contributed by atoms with E-state index < -0.39 is 154 Å². The number of allylic oxidation sites excluding steroid dienone is 1. The van der Waals surface area contributed by atoms with Crippen LogP contribution in [0.5, 0.6) is 0 Å². The van der Waals surface area contributed by atoms with E-state index in [-0.39, 0.29) is 12.5 Å². The van der Waals surface area contributed by atoms with Crippen molar-refractivity contribution >= 4 is 11.9 Å². The minimum atomic E-state index is -1.82. The fourth-order valence-electron chi connectivity index (χ4n) is 9.40. The average molecular weight is 1020 g/mol. The van der Waals surface area contributed by atoms with Crippen LogP contribution in [0.4, 0.5) is 0 Å². The Bertz CT molecular complexity index is 1590. The van der Waals surface area contributed by atoms with Crippen molar-refractivity contribution in [3.05, 3.63) is 12.3 Å². The molecule has 0 aromatic carbocycles. The predicted molar refractivity (Wildman–Crippen MR) is 249 cm³/mol. The number of fused-ring (bicyclic) bond motifs is 3. The highest BCUT2D eigenvalue weighted by Gasteiger charge is 2.58. The molecule has 5 aliphatic heterocycles. The number of hydrogen-bond donors (Lipinski definition) is 7. The van der Waals surface area contributed by atoms with Crippen molar-refractivity contribution in [2.45, 2.75) is 274 Å². The second-order valence-electron chi connectivity index (χ2n) is 19.8. The number of unbranched alkanes of at least 4 members (excludes halogenated alkanes) is 2. The summed E-state index contributed by atoms with van der Waals surface area (Å²) in [5, 5.41) is 78.2. The highest BCUT2D eigenvalue weighted by molar-refractivity contribution is 5.72. The van der Waals surface area contributed by atoms with Gasteiger partial charge in [-0.2, -0.15) is 0 Å². The highest BCUT2D eigenvalue weighted by atomic mass is 16.8. The van der Waals surface area contributed by atoms with E-state index in [0.717, 1.165) is 57.8 Å². The van der Waals surface area contributed by atoms with Crippen LogP contribution >= 0.6 is 0 Å². The molecule has 0 aromatic heterocycles. The molecule has 7 N–H and O–H groups in total. The molecule has 71 heavy (non-hydrogen) atoms. The van der Waals surface area contributed by atoms with Gasteiger partial charge in [0.25, 0.3) is 0 Å². The Balaban J connectivity index is 1.61. The Hall–Kier alpha value is -2.16. The number of ether oxygens (including phenoxy) is 12. The molecule has 22 atom stereocenters. The lowest BCUT2D eigenvalue weighted by Crippen LogP contribution is -2.68. The quantitative estimate of drug-likeness (QED) is 0.0477. The Morgan fingerprint density at radius 3 is 2.00 bits per heavy atom. The van der Waals surface area contributed by atoms with Gasteiger partial charge in [0.15, 0.2) is 50.3 Å². The summed E-state index contributed by atoms with van der Waals surface area (Å²) in [6, 6.07) is 0. The lowest BCUT2D eigenvalue weighted by Gasteiger charge is -2.50. The topological polar surface area (TPSA) is 287 Å². The molecule has 21 heteroatoms. The van der Waals surface area contributed by atoms with Crippen LogP contribution in [0, 0.1) is 5.92 Å². The summed E-state index contributed by atoms with van der Waals surface area (Å²) >= 11 is 0. The highest BCUT2D eigenvalue weighted by Crippen LogP contribution is 2.38. The van der Waals surface area contributed by atoms with Crippen molar-refractivity contribution in [2.75, 3.05) is 13.4 Å². The number of rotatable bonds is 17. The lowest BCUT2D eigenvalue weighted by atomic mass is 9.95. The van der Waals surface area contributed by atoms with Crippen LogP contribution in [0.1, 0.15) is 145 Å². The fourth-order valence-corrected chi connectivity index (χ4v) is 9.40. The average Bonchev–Trinajstić information content (AvgIpc) is 3.35. The zero-order valence-corrected chi connectivity index (χ0v) is 42.8. The molecule has 22 unspecified atom stereocenters. The number of carbonyl (C=O) groups excluding carboxylic acids is 2. The van der Waals surface area contributed by atoms with Gasteiger partial charge in [0.2, 0.25) is 0 Å². The molecule has 0 radical (unpaired) electrons. The molecule has 5 saturated heterocycles. The number of hydrogen-bond acceptors (Lipinski definition) is 21. The molecule has 5 heterocycles. The molecule has 0 spiro atoms. The first-order valence-corrected chi connectivity index (χ1v) is 26.2. The molecular formula is C50H86O21. The van der Waals surface area contributed by atoms with E-state index in [2.05, 4.69) is 13.5 Å². The van der Waals surface area contributed by atoms with Gasteiger partial charge in [0, 0.05) is 12.8 Å². The lowest BCUT2D eigenvalue weighted by molar-refractivity contribution is -0.403. The molecule has 0 aliphatic carbocycles. The summed E-state index contributed by atoms with van der Waals surface area (Å²) in [6.45, 7) is 14.6. The third-order valence-electron chi connectivity index (χ3n) is 14.3. The summed E-state index contributed by atoms with van der Waals surface area (Å²) in [7, 11) is 0. The molecule has 0 aromatic rings. The smallest absolute Gasteiger partial charge is 0.309 e. The van der Waals surface area contributed by atoms with E-state index >= 15 is 0 Å². The standard InChI is InChI=1S/C50H86O21/c1-9-12-18-21-31-22-19-16-14-13-15-17-20-23-33(52)67-41-36(55)32(24-51)66-50(69-42-38(57)35(54)29(7)63-48(42)65-31)45(41)71-49-44(61-25-60-27(5)11-3)43(40(30(8)64-49)68-46(59)26(4)10-2)70-47-39(58)37(56)34(53)28(6)62-47/h26,28-32,34-45,47-51,53-58H,5,9-25H2,1-4,6-8H3.